The summed E-state index contributed by atoms with van der Waals surface area (Å²) < 4.78 is 2.03. The van der Waals surface area contributed by atoms with E-state index in [1.807, 2.05) is 17.1 Å². The maximum atomic E-state index is 4.22. The van der Waals surface area contributed by atoms with Gasteiger partial charge in [0.25, 0.3) is 0 Å². The molecule has 0 aliphatic carbocycles. The molecule has 2 N–H and O–H groups in total. The minimum Gasteiger partial charge on any atom is -0.355 e. The molecule has 21 heavy (non-hydrogen) atoms. The Balaban J connectivity index is 0.00000220. The van der Waals surface area contributed by atoms with Crippen molar-refractivity contribution in [2.45, 2.75) is 20.0 Å². The molecule has 0 amide bonds. The Morgan fingerprint density at radius 2 is 2.10 bits per heavy atom. The number of aromatic nitrogens is 2. The third-order valence-electron chi connectivity index (χ3n) is 3.15. The van der Waals surface area contributed by atoms with Crippen molar-refractivity contribution in [1.29, 1.82) is 0 Å². The number of hydrogen-bond donors (Lipinski definition) is 2. The van der Waals surface area contributed by atoms with Gasteiger partial charge in [0.05, 0.1) is 6.33 Å². The molecule has 2 aromatic rings. The fraction of sp³-hybridized carbons (Fsp3) is 0.333. The van der Waals surface area contributed by atoms with E-state index < -0.39 is 0 Å². The lowest BCUT2D eigenvalue weighted by molar-refractivity contribution is 0.661. The van der Waals surface area contributed by atoms with Crippen LogP contribution in [-0.4, -0.2) is 29.1 Å². The Morgan fingerprint density at radius 1 is 1.29 bits per heavy atom. The second-order valence-corrected chi connectivity index (χ2v) is 4.58. The molecule has 2 rings (SSSR count). The minimum atomic E-state index is 0. The predicted octanol–water partition coefficient (Wildman–Crippen LogP) is 2.17. The molecule has 0 bridgehead atoms. The first-order chi connectivity index (χ1) is 9.79. The average Bonchev–Trinajstić information content (AvgIpc) is 2.97. The normalized spacial score (nSPS) is 10.9. The van der Waals surface area contributed by atoms with Crippen molar-refractivity contribution in [3.05, 3.63) is 54.1 Å². The van der Waals surface area contributed by atoms with E-state index in [4.69, 9.17) is 0 Å². The highest BCUT2D eigenvalue weighted by atomic mass is 127. The van der Waals surface area contributed by atoms with E-state index >= 15 is 0 Å². The Labute approximate surface area is 142 Å². The fourth-order valence-corrected chi connectivity index (χ4v) is 1.93. The third kappa shape index (κ3) is 5.74. The maximum absolute atomic E-state index is 4.22. The highest BCUT2D eigenvalue weighted by Gasteiger charge is 2.00. The number of halogens is 1. The molecular formula is C15H22IN5. The topological polar surface area (TPSA) is 54.2 Å². The van der Waals surface area contributed by atoms with Crippen LogP contribution in [0.2, 0.25) is 0 Å². The number of nitrogens with one attached hydrogen (secondary N) is 2. The van der Waals surface area contributed by atoms with E-state index in [0.717, 1.165) is 25.6 Å². The summed E-state index contributed by atoms with van der Waals surface area (Å²) in [6.45, 7) is 4.57. The zero-order chi connectivity index (χ0) is 14.2. The lowest BCUT2D eigenvalue weighted by Crippen LogP contribution is -2.38. The zero-order valence-electron chi connectivity index (χ0n) is 12.4. The number of imidazole rings is 1. The summed E-state index contributed by atoms with van der Waals surface area (Å²) >= 11 is 0. The largest absolute Gasteiger partial charge is 0.355 e. The Bertz CT molecular complexity index is 551. The van der Waals surface area contributed by atoms with Gasteiger partial charge in [-0.25, -0.2) is 4.98 Å². The quantitative estimate of drug-likeness (QED) is 0.461. The van der Waals surface area contributed by atoms with Gasteiger partial charge >= 0.3 is 0 Å². The van der Waals surface area contributed by atoms with Gasteiger partial charge < -0.3 is 15.2 Å². The Hall–Kier alpha value is -1.57. The van der Waals surface area contributed by atoms with Crippen molar-refractivity contribution in [1.82, 2.24) is 20.2 Å². The van der Waals surface area contributed by atoms with Gasteiger partial charge in [-0.1, -0.05) is 24.3 Å². The highest BCUT2D eigenvalue weighted by molar-refractivity contribution is 14.0. The molecule has 0 saturated carbocycles. The second-order valence-electron chi connectivity index (χ2n) is 4.58. The van der Waals surface area contributed by atoms with Crippen LogP contribution in [0, 0.1) is 6.92 Å². The molecule has 0 saturated heterocycles. The molecule has 0 spiro atoms. The summed E-state index contributed by atoms with van der Waals surface area (Å²) in [7, 11) is 1.78. The van der Waals surface area contributed by atoms with Crippen molar-refractivity contribution in [2.75, 3.05) is 13.6 Å². The van der Waals surface area contributed by atoms with Crippen molar-refractivity contribution < 1.29 is 0 Å². The molecule has 1 aromatic heterocycles. The fourth-order valence-electron chi connectivity index (χ4n) is 1.93. The first kappa shape index (κ1) is 17.5. The van der Waals surface area contributed by atoms with E-state index in [1.165, 1.54) is 11.1 Å². The first-order valence-corrected chi connectivity index (χ1v) is 6.74. The number of aryl methyl sites for hydroxylation is 1. The number of benzene rings is 1. The van der Waals surface area contributed by atoms with E-state index in [9.17, 15) is 0 Å². The van der Waals surface area contributed by atoms with Crippen LogP contribution in [0.25, 0.3) is 0 Å². The van der Waals surface area contributed by atoms with Crippen molar-refractivity contribution >= 4 is 29.9 Å². The zero-order valence-corrected chi connectivity index (χ0v) is 14.7. The van der Waals surface area contributed by atoms with Crippen LogP contribution in [0.15, 0.2) is 48.0 Å². The number of guanidine groups is 1. The molecule has 6 heteroatoms. The lowest BCUT2D eigenvalue weighted by atomic mass is 10.1. The molecule has 0 fully saturated rings. The van der Waals surface area contributed by atoms with E-state index in [2.05, 4.69) is 51.8 Å². The smallest absolute Gasteiger partial charge is 0.191 e. The maximum Gasteiger partial charge on any atom is 0.191 e. The van der Waals surface area contributed by atoms with Crippen LogP contribution in [-0.2, 0) is 13.1 Å². The van der Waals surface area contributed by atoms with Gasteiger partial charge in [0, 0.05) is 39.1 Å². The van der Waals surface area contributed by atoms with Crippen LogP contribution in [0.1, 0.15) is 11.1 Å². The molecule has 0 aliphatic heterocycles. The molecule has 0 atom stereocenters. The number of nitrogens with zero attached hydrogens (tertiary/aromatic N) is 3. The number of hydrogen-bond acceptors (Lipinski definition) is 2. The summed E-state index contributed by atoms with van der Waals surface area (Å²) in [5, 5.41) is 6.61. The predicted molar refractivity (Wildman–Crippen MR) is 97.0 cm³/mol. The Kier molecular flexibility index (Phi) is 7.81. The van der Waals surface area contributed by atoms with Gasteiger partial charge in [0.15, 0.2) is 5.96 Å². The molecule has 1 aromatic carbocycles. The monoisotopic (exact) mass is 399 g/mol. The van der Waals surface area contributed by atoms with Crippen molar-refractivity contribution in [2.24, 2.45) is 4.99 Å². The van der Waals surface area contributed by atoms with Crippen LogP contribution >= 0.6 is 24.0 Å². The average molecular weight is 399 g/mol. The third-order valence-corrected chi connectivity index (χ3v) is 3.15. The van der Waals surface area contributed by atoms with Gasteiger partial charge in [-0.2, -0.15) is 0 Å². The van der Waals surface area contributed by atoms with Gasteiger partial charge in [-0.15, -0.1) is 24.0 Å². The van der Waals surface area contributed by atoms with Crippen LogP contribution in [0.5, 0.6) is 0 Å². The van der Waals surface area contributed by atoms with Gasteiger partial charge in [-0.3, -0.25) is 4.99 Å². The molecule has 114 valence electrons. The SMILES string of the molecule is CN=C(NCCn1ccnc1)NCc1ccccc1C.I. The second kappa shape index (κ2) is 9.38. The highest BCUT2D eigenvalue weighted by Crippen LogP contribution is 2.05. The first-order valence-electron chi connectivity index (χ1n) is 6.74. The molecule has 0 radical (unpaired) electrons. The van der Waals surface area contributed by atoms with E-state index in [0.29, 0.717) is 0 Å². The Morgan fingerprint density at radius 3 is 2.76 bits per heavy atom. The molecular weight excluding hydrogens is 377 g/mol. The van der Waals surface area contributed by atoms with Crippen LogP contribution in [0.4, 0.5) is 0 Å². The summed E-state index contributed by atoms with van der Waals surface area (Å²) in [6, 6.07) is 8.35. The van der Waals surface area contributed by atoms with Crippen molar-refractivity contribution in [3.8, 4) is 0 Å². The standard InChI is InChI=1S/C15H21N5.HI/c1-13-5-3-4-6-14(13)11-19-15(16-2)18-8-10-20-9-7-17-12-20;/h3-7,9,12H,8,10-11H2,1-2H3,(H2,16,18,19);1H. The van der Waals surface area contributed by atoms with Gasteiger partial charge in [0.2, 0.25) is 0 Å². The minimum absolute atomic E-state index is 0. The molecule has 0 unspecified atom stereocenters. The van der Waals surface area contributed by atoms with Gasteiger partial charge in [0.1, 0.15) is 0 Å². The van der Waals surface area contributed by atoms with Gasteiger partial charge in [-0.05, 0) is 18.1 Å². The van der Waals surface area contributed by atoms with E-state index in [1.54, 1.807) is 13.2 Å². The molecule has 5 nitrogen and oxygen atoms in total. The molecule has 1 heterocycles. The van der Waals surface area contributed by atoms with E-state index in [-0.39, 0.29) is 24.0 Å². The summed E-state index contributed by atoms with van der Waals surface area (Å²) in [5.74, 6) is 0.813. The summed E-state index contributed by atoms with van der Waals surface area (Å²) in [6.07, 6.45) is 5.54. The number of aliphatic imine (C=N–C) groups is 1. The van der Waals surface area contributed by atoms with Crippen molar-refractivity contribution in [3.63, 3.8) is 0 Å². The summed E-state index contributed by atoms with van der Waals surface area (Å²) in [4.78, 5) is 8.24. The van der Waals surface area contributed by atoms with Crippen LogP contribution in [0.3, 0.4) is 0 Å². The molecule has 0 aliphatic rings. The lowest BCUT2D eigenvalue weighted by Gasteiger charge is -2.13. The van der Waals surface area contributed by atoms with Crippen LogP contribution < -0.4 is 10.6 Å². The summed E-state index contributed by atoms with van der Waals surface area (Å²) in [5.41, 5.74) is 2.57. The number of rotatable bonds is 5.